The van der Waals surface area contributed by atoms with Gasteiger partial charge < -0.3 is 19.5 Å². The molecule has 7 heteroatoms. The molecule has 0 aromatic carbocycles. The lowest BCUT2D eigenvalue weighted by Gasteiger charge is -2.06. The number of hydrogen-bond acceptors (Lipinski definition) is 7. The predicted molar refractivity (Wildman–Crippen MR) is 62.6 cm³/mol. The summed E-state index contributed by atoms with van der Waals surface area (Å²) in [5.41, 5.74) is 6.39. The summed E-state index contributed by atoms with van der Waals surface area (Å²) in [7, 11) is 0. The van der Waals surface area contributed by atoms with Gasteiger partial charge in [0.2, 0.25) is 0 Å². The molecule has 98 valence electrons. The van der Waals surface area contributed by atoms with Gasteiger partial charge in [-0.1, -0.05) is 17.2 Å². The smallest absolute Gasteiger partial charge is 0.280 e. The van der Waals surface area contributed by atoms with Crippen molar-refractivity contribution >= 4 is 0 Å². The van der Waals surface area contributed by atoms with E-state index < -0.39 is 6.04 Å². The minimum atomic E-state index is -0.401. The van der Waals surface area contributed by atoms with Gasteiger partial charge in [0.15, 0.2) is 11.5 Å². The maximum Gasteiger partial charge on any atom is 0.280 e. The van der Waals surface area contributed by atoms with Crippen molar-refractivity contribution in [2.75, 3.05) is 13.2 Å². The van der Waals surface area contributed by atoms with E-state index in [0.29, 0.717) is 36.4 Å². The van der Waals surface area contributed by atoms with Gasteiger partial charge in [-0.3, -0.25) is 0 Å². The maximum atomic E-state index is 5.88. The highest BCUT2D eigenvalue weighted by Crippen LogP contribution is 2.18. The van der Waals surface area contributed by atoms with Crippen LogP contribution in [0, 0.1) is 6.92 Å². The summed E-state index contributed by atoms with van der Waals surface area (Å²) in [5, 5.41) is 7.60. The first-order chi connectivity index (χ1) is 8.70. The Hall–Kier alpha value is -1.73. The highest BCUT2D eigenvalue weighted by molar-refractivity contribution is 5.45. The van der Waals surface area contributed by atoms with Crippen molar-refractivity contribution < 1.29 is 13.8 Å². The third kappa shape index (κ3) is 2.93. The molecule has 2 rings (SSSR count). The molecule has 2 N–H and O–H groups in total. The molecule has 0 spiro atoms. The van der Waals surface area contributed by atoms with Crippen molar-refractivity contribution in [3.05, 3.63) is 17.7 Å². The highest BCUT2D eigenvalue weighted by Gasteiger charge is 2.17. The Kier molecular flexibility index (Phi) is 4.06. The second-order valence-corrected chi connectivity index (χ2v) is 3.96. The largest absolute Gasteiger partial charge is 0.379 e. The minimum absolute atomic E-state index is 0.299. The van der Waals surface area contributed by atoms with Crippen LogP contribution in [0.15, 0.2) is 15.1 Å². The van der Waals surface area contributed by atoms with Gasteiger partial charge in [-0.15, -0.1) is 0 Å². The van der Waals surface area contributed by atoms with E-state index in [1.165, 1.54) is 0 Å². The van der Waals surface area contributed by atoms with E-state index >= 15 is 0 Å². The van der Waals surface area contributed by atoms with Crippen molar-refractivity contribution in [2.45, 2.75) is 26.3 Å². The lowest BCUT2D eigenvalue weighted by molar-refractivity contribution is 0.119. The van der Waals surface area contributed by atoms with Crippen LogP contribution in [0.25, 0.3) is 11.6 Å². The van der Waals surface area contributed by atoms with Gasteiger partial charge in [-0.25, -0.2) is 0 Å². The molecule has 0 aliphatic rings. The van der Waals surface area contributed by atoms with Crippen molar-refractivity contribution in [2.24, 2.45) is 5.73 Å². The zero-order valence-electron chi connectivity index (χ0n) is 10.4. The summed E-state index contributed by atoms with van der Waals surface area (Å²) in [6.07, 6.45) is 0.947. The van der Waals surface area contributed by atoms with Crippen molar-refractivity contribution in [1.29, 1.82) is 0 Å². The molecule has 0 radical (unpaired) electrons. The quantitative estimate of drug-likeness (QED) is 0.776. The molecule has 2 heterocycles. The number of hydrogen-bond donors (Lipinski definition) is 1. The fourth-order valence-corrected chi connectivity index (χ4v) is 1.39. The van der Waals surface area contributed by atoms with Gasteiger partial charge in [0.05, 0.1) is 12.6 Å². The Morgan fingerprint density at radius 2 is 2.22 bits per heavy atom. The Morgan fingerprint density at radius 3 is 2.89 bits per heavy atom. The van der Waals surface area contributed by atoms with Gasteiger partial charge in [-0.2, -0.15) is 4.98 Å². The summed E-state index contributed by atoms with van der Waals surface area (Å²) in [6.45, 7) is 4.86. The van der Waals surface area contributed by atoms with E-state index in [4.69, 9.17) is 19.5 Å². The molecule has 0 amide bonds. The molecule has 2 aromatic rings. The summed E-state index contributed by atoms with van der Waals surface area (Å²) < 4.78 is 15.3. The van der Waals surface area contributed by atoms with Crippen LogP contribution in [0.2, 0.25) is 0 Å². The fraction of sp³-hybridized carbons (Fsp3) is 0.545. The zero-order chi connectivity index (χ0) is 13.0. The summed E-state index contributed by atoms with van der Waals surface area (Å²) >= 11 is 0. The Morgan fingerprint density at radius 1 is 1.39 bits per heavy atom. The van der Waals surface area contributed by atoms with Crippen molar-refractivity contribution in [1.82, 2.24) is 15.3 Å². The Labute approximate surface area is 104 Å². The molecule has 2 aromatic heterocycles. The van der Waals surface area contributed by atoms with Crippen LogP contribution < -0.4 is 5.73 Å². The van der Waals surface area contributed by atoms with Crippen LogP contribution in [0.4, 0.5) is 0 Å². The van der Waals surface area contributed by atoms with Gasteiger partial charge in [0.25, 0.3) is 5.89 Å². The normalized spacial score (nSPS) is 12.8. The molecule has 0 aliphatic heterocycles. The van der Waals surface area contributed by atoms with Crippen LogP contribution in [-0.4, -0.2) is 28.5 Å². The van der Waals surface area contributed by atoms with E-state index in [0.717, 1.165) is 6.42 Å². The average molecular weight is 252 g/mol. The molecule has 0 saturated heterocycles. The molecule has 0 fully saturated rings. The topological polar surface area (TPSA) is 100 Å². The Bertz CT molecular complexity index is 494. The third-order valence-electron chi connectivity index (χ3n) is 2.27. The average Bonchev–Trinajstić information content (AvgIpc) is 2.97. The first-order valence-electron chi connectivity index (χ1n) is 5.81. The van der Waals surface area contributed by atoms with Gasteiger partial charge in [0.1, 0.15) is 5.76 Å². The van der Waals surface area contributed by atoms with Crippen LogP contribution in [0.3, 0.4) is 0 Å². The van der Waals surface area contributed by atoms with E-state index in [2.05, 4.69) is 15.3 Å². The lowest BCUT2D eigenvalue weighted by atomic mass is 10.3. The molecule has 0 saturated carbocycles. The van der Waals surface area contributed by atoms with Crippen LogP contribution >= 0.6 is 0 Å². The van der Waals surface area contributed by atoms with Gasteiger partial charge >= 0.3 is 0 Å². The monoisotopic (exact) mass is 252 g/mol. The number of aryl methyl sites for hydroxylation is 1. The van der Waals surface area contributed by atoms with E-state index in [1.807, 2.05) is 6.92 Å². The maximum absolute atomic E-state index is 5.88. The second-order valence-electron chi connectivity index (χ2n) is 3.96. The van der Waals surface area contributed by atoms with Crippen LogP contribution in [0.5, 0.6) is 0 Å². The molecule has 7 nitrogen and oxygen atoms in total. The van der Waals surface area contributed by atoms with E-state index in [-0.39, 0.29) is 0 Å². The van der Waals surface area contributed by atoms with Gasteiger partial charge in [0, 0.05) is 12.7 Å². The molecule has 1 unspecified atom stereocenters. The van der Waals surface area contributed by atoms with Crippen LogP contribution in [0.1, 0.15) is 31.0 Å². The second kappa shape index (κ2) is 5.74. The molecule has 0 aliphatic carbocycles. The molecular weight excluding hydrogens is 236 g/mol. The number of ether oxygens (including phenoxy) is 1. The molecule has 0 bridgehead atoms. The summed E-state index contributed by atoms with van der Waals surface area (Å²) in [6, 6.07) is 1.32. The number of nitrogens with two attached hydrogens (primary N) is 1. The molecule has 18 heavy (non-hydrogen) atoms. The number of rotatable bonds is 6. The van der Waals surface area contributed by atoms with Crippen molar-refractivity contribution in [3.8, 4) is 11.6 Å². The first-order valence-corrected chi connectivity index (χ1v) is 5.81. The zero-order valence-corrected chi connectivity index (χ0v) is 10.4. The number of nitrogens with zero attached hydrogens (tertiary/aromatic N) is 3. The molecular formula is C11H16N4O3. The Balaban J connectivity index is 2.01. The number of aromatic nitrogens is 3. The standard InChI is InChI=1S/C11H16N4O3/c1-3-4-16-6-8(12)10-13-11(18-15-10)9-5-7(2)17-14-9/h5,8H,3-4,6,12H2,1-2H3. The van der Waals surface area contributed by atoms with Crippen LogP contribution in [-0.2, 0) is 4.74 Å². The van der Waals surface area contributed by atoms with E-state index in [1.54, 1.807) is 13.0 Å². The first kappa shape index (κ1) is 12.7. The highest BCUT2D eigenvalue weighted by atomic mass is 16.5. The third-order valence-corrected chi connectivity index (χ3v) is 2.27. The van der Waals surface area contributed by atoms with Gasteiger partial charge in [-0.05, 0) is 13.3 Å². The fourth-order valence-electron chi connectivity index (χ4n) is 1.39. The summed E-state index contributed by atoms with van der Waals surface area (Å²) in [4.78, 5) is 4.17. The SMILES string of the molecule is CCCOCC(N)c1noc(-c2cc(C)on2)n1. The summed E-state index contributed by atoms with van der Waals surface area (Å²) in [5.74, 6) is 1.38. The van der Waals surface area contributed by atoms with Crippen molar-refractivity contribution in [3.63, 3.8) is 0 Å². The minimum Gasteiger partial charge on any atom is -0.379 e. The predicted octanol–water partition coefficient (Wildman–Crippen LogP) is 1.46. The lowest BCUT2D eigenvalue weighted by Crippen LogP contribution is -2.18. The van der Waals surface area contributed by atoms with E-state index in [9.17, 15) is 0 Å². The molecule has 1 atom stereocenters.